The minimum atomic E-state index is 0.218. The molecule has 0 atom stereocenters. The number of hydrogen-bond acceptors (Lipinski definition) is 3. The lowest BCUT2D eigenvalue weighted by atomic mass is 9.81. The number of rotatable bonds is 8. The van der Waals surface area contributed by atoms with Crippen LogP contribution < -0.4 is 5.73 Å². The summed E-state index contributed by atoms with van der Waals surface area (Å²) < 4.78 is 5.37. The van der Waals surface area contributed by atoms with Crippen molar-refractivity contribution in [1.82, 2.24) is 4.90 Å². The van der Waals surface area contributed by atoms with Crippen LogP contribution >= 0.6 is 0 Å². The topological polar surface area (TPSA) is 38.5 Å². The molecule has 20 heavy (non-hydrogen) atoms. The molecular weight excluding hydrogens is 248 g/mol. The lowest BCUT2D eigenvalue weighted by Gasteiger charge is -2.48. The predicted octanol–water partition coefficient (Wildman–Crippen LogP) is 3.57. The van der Waals surface area contributed by atoms with Gasteiger partial charge in [0.05, 0.1) is 6.61 Å². The largest absolute Gasteiger partial charge is 0.383 e. The van der Waals surface area contributed by atoms with Crippen LogP contribution in [0.15, 0.2) is 0 Å². The maximum absolute atomic E-state index is 6.30. The van der Waals surface area contributed by atoms with Crippen LogP contribution in [0.4, 0.5) is 0 Å². The van der Waals surface area contributed by atoms with E-state index in [1.54, 1.807) is 7.11 Å². The van der Waals surface area contributed by atoms with E-state index >= 15 is 0 Å². The number of nitrogens with two attached hydrogens (primary N) is 1. The number of hydrogen-bond donors (Lipinski definition) is 1. The Morgan fingerprint density at radius 2 is 1.60 bits per heavy atom. The molecule has 1 rings (SSSR count). The fraction of sp³-hybridized carbons (Fsp3) is 1.00. The molecule has 0 unspecified atom stereocenters. The van der Waals surface area contributed by atoms with Crippen LogP contribution in [0.5, 0.6) is 0 Å². The highest BCUT2D eigenvalue weighted by atomic mass is 16.5. The summed E-state index contributed by atoms with van der Waals surface area (Å²) in [6.45, 7) is 7.26. The van der Waals surface area contributed by atoms with E-state index in [0.717, 1.165) is 19.7 Å². The molecule has 0 aromatic carbocycles. The second kappa shape index (κ2) is 9.75. The summed E-state index contributed by atoms with van der Waals surface area (Å²) in [5, 5.41) is 0. The average molecular weight is 284 g/mol. The fourth-order valence-electron chi connectivity index (χ4n) is 3.90. The van der Waals surface area contributed by atoms with Gasteiger partial charge in [0.15, 0.2) is 0 Å². The summed E-state index contributed by atoms with van der Waals surface area (Å²) in [6, 6.07) is 0.646. The fourth-order valence-corrected chi connectivity index (χ4v) is 3.90. The first-order valence-corrected chi connectivity index (χ1v) is 8.69. The van der Waals surface area contributed by atoms with Gasteiger partial charge in [-0.1, -0.05) is 46.0 Å². The van der Waals surface area contributed by atoms with Gasteiger partial charge in [-0.05, 0) is 25.7 Å². The van der Waals surface area contributed by atoms with Gasteiger partial charge >= 0.3 is 0 Å². The van der Waals surface area contributed by atoms with Crippen molar-refractivity contribution in [2.45, 2.75) is 83.2 Å². The maximum atomic E-state index is 6.30. The van der Waals surface area contributed by atoms with Crippen molar-refractivity contribution in [2.75, 3.05) is 26.8 Å². The summed E-state index contributed by atoms with van der Waals surface area (Å²) in [5.41, 5.74) is 6.51. The molecule has 0 amide bonds. The zero-order valence-electron chi connectivity index (χ0n) is 14.0. The van der Waals surface area contributed by atoms with Gasteiger partial charge in [-0.2, -0.15) is 0 Å². The molecule has 2 N–H and O–H groups in total. The van der Waals surface area contributed by atoms with Crippen LogP contribution in [0.25, 0.3) is 0 Å². The molecule has 3 heteroatoms. The zero-order chi connectivity index (χ0) is 14.8. The lowest BCUT2D eigenvalue weighted by molar-refractivity contribution is 0.00333. The summed E-state index contributed by atoms with van der Waals surface area (Å²) >= 11 is 0. The molecule has 1 aliphatic rings. The van der Waals surface area contributed by atoms with Crippen LogP contribution in [-0.2, 0) is 4.74 Å². The third-order valence-electron chi connectivity index (χ3n) is 5.19. The van der Waals surface area contributed by atoms with Crippen molar-refractivity contribution < 1.29 is 4.74 Å². The second-order valence-corrected chi connectivity index (χ2v) is 6.35. The number of nitrogens with zero attached hydrogens (tertiary/aromatic N) is 1. The molecule has 0 spiro atoms. The number of ether oxygens (including phenoxy) is 1. The Morgan fingerprint density at radius 1 is 1.05 bits per heavy atom. The summed E-state index contributed by atoms with van der Waals surface area (Å²) in [4.78, 5) is 2.71. The van der Waals surface area contributed by atoms with Crippen molar-refractivity contribution in [3.05, 3.63) is 0 Å². The third kappa shape index (κ3) is 4.71. The van der Waals surface area contributed by atoms with Crippen LogP contribution in [0.2, 0.25) is 0 Å². The molecule has 0 aromatic rings. The van der Waals surface area contributed by atoms with Gasteiger partial charge in [0.25, 0.3) is 0 Å². The zero-order valence-corrected chi connectivity index (χ0v) is 14.0. The smallest absolute Gasteiger partial charge is 0.0590 e. The van der Waals surface area contributed by atoms with Gasteiger partial charge in [0.1, 0.15) is 0 Å². The normalized spacial score (nSPS) is 20.1. The van der Waals surface area contributed by atoms with E-state index in [2.05, 4.69) is 18.7 Å². The SMILES string of the molecule is CCC(CC)N(CCOC)C1(CN)CCCCCCC1. The minimum absolute atomic E-state index is 0.218. The molecule has 0 aromatic heterocycles. The monoisotopic (exact) mass is 284 g/mol. The third-order valence-corrected chi connectivity index (χ3v) is 5.19. The standard InChI is InChI=1S/C17H36N2O/c1-4-16(5-2)19(13-14-20-3)17(15-18)11-9-7-6-8-10-12-17/h16H,4-15,18H2,1-3H3. The van der Waals surface area contributed by atoms with Crippen LogP contribution in [0, 0.1) is 0 Å². The Morgan fingerprint density at radius 3 is 2.05 bits per heavy atom. The molecule has 1 aliphatic carbocycles. The first kappa shape index (κ1) is 17.9. The van der Waals surface area contributed by atoms with Gasteiger partial charge in [0.2, 0.25) is 0 Å². The van der Waals surface area contributed by atoms with Crippen molar-refractivity contribution >= 4 is 0 Å². The molecule has 0 aliphatic heterocycles. The first-order chi connectivity index (χ1) is 9.74. The molecule has 3 nitrogen and oxygen atoms in total. The van der Waals surface area contributed by atoms with Crippen molar-refractivity contribution in [3.8, 4) is 0 Å². The van der Waals surface area contributed by atoms with Gasteiger partial charge in [-0.25, -0.2) is 0 Å². The van der Waals surface area contributed by atoms with Crippen LogP contribution in [0.1, 0.15) is 71.6 Å². The molecule has 120 valence electrons. The summed E-state index contributed by atoms with van der Waals surface area (Å²) in [5.74, 6) is 0. The molecule has 0 bridgehead atoms. The lowest BCUT2D eigenvalue weighted by Crippen LogP contribution is -2.58. The molecule has 1 saturated carbocycles. The molecule has 0 heterocycles. The van der Waals surface area contributed by atoms with E-state index in [0.29, 0.717) is 6.04 Å². The van der Waals surface area contributed by atoms with Gasteiger partial charge < -0.3 is 10.5 Å². The van der Waals surface area contributed by atoms with E-state index < -0.39 is 0 Å². The second-order valence-electron chi connectivity index (χ2n) is 6.35. The Balaban J connectivity index is 2.89. The Hall–Kier alpha value is -0.120. The van der Waals surface area contributed by atoms with E-state index in [4.69, 9.17) is 10.5 Å². The Kier molecular flexibility index (Phi) is 8.74. The van der Waals surface area contributed by atoms with E-state index in [9.17, 15) is 0 Å². The Labute approximate surface area is 126 Å². The van der Waals surface area contributed by atoms with E-state index in [-0.39, 0.29) is 5.54 Å². The van der Waals surface area contributed by atoms with Crippen molar-refractivity contribution in [3.63, 3.8) is 0 Å². The Bertz CT molecular complexity index is 233. The summed E-state index contributed by atoms with van der Waals surface area (Å²) in [6.07, 6.45) is 11.8. The quantitative estimate of drug-likeness (QED) is 0.740. The van der Waals surface area contributed by atoms with Crippen molar-refractivity contribution in [2.24, 2.45) is 5.73 Å². The molecular formula is C17H36N2O. The van der Waals surface area contributed by atoms with Crippen molar-refractivity contribution in [1.29, 1.82) is 0 Å². The van der Waals surface area contributed by atoms with E-state index in [1.807, 2.05) is 0 Å². The highest BCUT2D eigenvalue weighted by Crippen LogP contribution is 2.33. The molecule has 0 radical (unpaired) electrons. The van der Waals surface area contributed by atoms with Gasteiger partial charge in [-0.15, -0.1) is 0 Å². The van der Waals surface area contributed by atoms with Crippen LogP contribution in [0.3, 0.4) is 0 Å². The van der Waals surface area contributed by atoms with Gasteiger partial charge in [-0.3, -0.25) is 4.90 Å². The summed E-state index contributed by atoms with van der Waals surface area (Å²) in [7, 11) is 1.80. The maximum Gasteiger partial charge on any atom is 0.0590 e. The number of methoxy groups -OCH3 is 1. The highest BCUT2D eigenvalue weighted by molar-refractivity contribution is 4.95. The molecule has 1 fully saturated rings. The van der Waals surface area contributed by atoms with Gasteiger partial charge in [0, 0.05) is 31.8 Å². The minimum Gasteiger partial charge on any atom is -0.383 e. The average Bonchev–Trinajstić information content (AvgIpc) is 2.45. The van der Waals surface area contributed by atoms with E-state index in [1.165, 1.54) is 57.8 Å². The predicted molar refractivity (Wildman–Crippen MR) is 87.1 cm³/mol. The first-order valence-electron chi connectivity index (χ1n) is 8.69. The molecule has 0 saturated heterocycles. The highest BCUT2D eigenvalue weighted by Gasteiger charge is 2.37. The van der Waals surface area contributed by atoms with Crippen LogP contribution in [-0.4, -0.2) is 43.3 Å².